The van der Waals surface area contributed by atoms with E-state index < -0.39 is 21.7 Å². The highest BCUT2D eigenvalue weighted by atomic mass is 32.2. The molecule has 2 atom stereocenters. The maximum Gasteiger partial charge on any atom is 0.315 e. The smallest absolute Gasteiger partial charge is 0.315 e. The highest BCUT2D eigenvalue weighted by molar-refractivity contribution is 7.90. The van der Waals surface area contributed by atoms with Gasteiger partial charge in [-0.05, 0) is 62.1 Å². The fourth-order valence-electron chi connectivity index (χ4n) is 3.58. The van der Waals surface area contributed by atoms with Crippen LogP contribution in [0.1, 0.15) is 36.8 Å². The number of nitrogens with one attached hydrogen (secondary N) is 2. The van der Waals surface area contributed by atoms with Crippen LogP contribution in [0.15, 0.2) is 47.4 Å². The molecule has 1 fully saturated rings. The average Bonchev–Trinajstić information content (AvgIpc) is 2.68. The van der Waals surface area contributed by atoms with E-state index >= 15 is 0 Å². The van der Waals surface area contributed by atoms with Crippen molar-refractivity contribution < 1.29 is 22.3 Å². The molecule has 6 nitrogen and oxygen atoms in total. The summed E-state index contributed by atoms with van der Waals surface area (Å²) in [6.07, 6.45) is 4.56. The summed E-state index contributed by atoms with van der Waals surface area (Å²) in [4.78, 5) is 12.4. The number of ether oxygens (including phenoxy) is 1. The number of halogens is 1. The first kappa shape index (κ1) is 22.1. The Balaban J connectivity index is 1.60. The molecule has 0 spiro atoms. The van der Waals surface area contributed by atoms with Crippen molar-refractivity contribution in [2.75, 3.05) is 6.26 Å². The van der Waals surface area contributed by atoms with Gasteiger partial charge in [0.25, 0.3) is 0 Å². The first-order chi connectivity index (χ1) is 14.2. The predicted octanol–water partition coefficient (Wildman–Crippen LogP) is 3.73. The van der Waals surface area contributed by atoms with Gasteiger partial charge in [0.1, 0.15) is 17.7 Å². The molecule has 1 aliphatic carbocycles. The van der Waals surface area contributed by atoms with Crippen molar-refractivity contribution in [3.05, 3.63) is 59.4 Å². The molecule has 1 aliphatic rings. The molecule has 0 aromatic heterocycles. The van der Waals surface area contributed by atoms with E-state index in [1.54, 1.807) is 0 Å². The molecule has 0 bridgehead atoms. The van der Waals surface area contributed by atoms with E-state index in [0.717, 1.165) is 49.3 Å². The summed E-state index contributed by atoms with van der Waals surface area (Å²) < 4.78 is 43.5. The second-order valence-corrected chi connectivity index (χ2v) is 9.73. The molecule has 2 aromatic rings. The average molecular weight is 435 g/mol. The van der Waals surface area contributed by atoms with Crippen LogP contribution >= 0.6 is 0 Å². The summed E-state index contributed by atoms with van der Waals surface area (Å²) >= 11 is 0. The summed E-state index contributed by atoms with van der Waals surface area (Å²) in [6, 6.07) is 10.7. The number of carbonyl (C=O) groups is 1. The second kappa shape index (κ2) is 9.47. The monoisotopic (exact) mass is 434 g/mol. The van der Waals surface area contributed by atoms with Crippen molar-refractivity contribution in [1.82, 2.24) is 10.6 Å². The Labute approximate surface area is 176 Å². The van der Waals surface area contributed by atoms with Gasteiger partial charge in [-0.15, -0.1) is 0 Å². The van der Waals surface area contributed by atoms with E-state index in [-0.39, 0.29) is 29.1 Å². The second-order valence-electron chi connectivity index (χ2n) is 7.72. The first-order valence-corrected chi connectivity index (χ1v) is 11.9. The molecule has 3 rings (SSSR count). The van der Waals surface area contributed by atoms with Crippen LogP contribution in [0.25, 0.3) is 0 Å². The molecule has 2 unspecified atom stereocenters. The fourth-order valence-corrected chi connectivity index (χ4v) is 4.25. The van der Waals surface area contributed by atoms with Crippen LogP contribution in [0.5, 0.6) is 5.75 Å². The van der Waals surface area contributed by atoms with Gasteiger partial charge >= 0.3 is 6.03 Å². The molecule has 162 valence electrons. The number of hydrogen-bond donors (Lipinski definition) is 2. The zero-order chi connectivity index (χ0) is 21.7. The van der Waals surface area contributed by atoms with Crippen molar-refractivity contribution in [3.8, 4) is 5.75 Å². The molecule has 30 heavy (non-hydrogen) atoms. The van der Waals surface area contributed by atoms with Crippen LogP contribution in [-0.4, -0.2) is 32.9 Å². The molecule has 0 aliphatic heterocycles. The van der Waals surface area contributed by atoms with Gasteiger partial charge in [-0.3, -0.25) is 0 Å². The van der Waals surface area contributed by atoms with Gasteiger partial charge in [-0.2, -0.15) is 0 Å². The van der Waals surface area contributed by atoms with Crippen LogP contribution in [0.3, 0.4) is 0 Å². The molecule has 2 N–H and O–H groups in total. The number of carbonyl (C=O) groups excluding carboxylic acids is 1. The van der Waals surface area contributed by atoms with Crippen molar-refractivity contribution in [2.24, 2.45) is 0 Å². The van der Waals surface area contributed by atoms with Crippen LogP contribution in [0, 0.1) is 12.7 Å². The highest BCUT2D eigenvalue weighted by Crippen LogP contribution is 2.24. The minimum Gasteiger partial charge on any atom is -0.488 e. The van der Waals surface area contributed by atoms with Crippen LogP contribution < -0.4 is 15.4 Å². The summed E-state index contributed by atoms with van der Waals surface area (Å²) in [5, 5.41) is 5.54. The van der Waals surface area contributed by atoms with E-state index in [1.165, 1.54) is 12.1 Å². The van der Waals surface area contributed by atoms with E-state index in [1.807, 2.05) is 31.2 Å². The minimum absolute atomic E-state index is 0.0139. The Kier molecular flexibility index (Phi) is 6.97. The number of rotatable bonds is 6. The Morgan fingerprint density at radius 2 is 1.93 bits per heavy atom. The Morgan fingerprint density at radius 1 is 1.17 bits per heavy atom. The standard InChI is InChI=1S/C22H27FN2O4S/c1-15-6-5-7-17(12-15)29-21-9-4-3-8-20(21)25-22(26)24-14-16-13-18(30(2,27)28)10-11-19(16)23/h5-7,10-13,20-21H,3-4,8-9,14H2,1-2H3,(H2,24,25,26). The molecule has 2 amide bonds. The SMILES string of the molecule is Cc1cccc(OC2CCCCC2NC(=O)NCc2cc(S(C)(=O)=O)ccc2F)c1. The maximum atomic E-state index is 14.0. The summed E-state index contributed by atoms with van der Waals surface area (Å²) in [6.45, 7) is 1.88. The summed E-state index contributed by atoms with van der Waals surface area (Å²) in [7, 11) is -3.46. The molecule has 8 heteroatoms. The fraction of sp³-hybridized carbons (Fsp3) is 0.409. The van der Waals surface area contributed by atoms with Gasteiger partial charge in [0.15, 0.2) is 9.84 Å². The van der Waals surface area contributed by atoms with Crippen LogP contribution in [0.2, 0.25) is 0 Å². The largest absolute Gasteiger partial charge is 0.488 e. The number of aryl methyl sites for hydroxylation is 1. The van der Waals surface area contributed by atoms with Crippen molar-refractivity contribution in [1.29, 1.82) is 0 Å². The third-order valence-electron chi connectivity index (χ3n) is 5.18. The quantitative estimate of drug-likeness (QED) is 0.679. The molecule has 2 aromatic carbocycles. The highest BCUT2D eigenvalue weighted by Gasteiger charge is 2.28. The van der Waals surface area contributed by atoms with Gasteiger partial charge in [0, 0.05) is 18.4 Å². The number of urea groups is 1. The molecule has 0 saturated heterocycles. The number of sulfone groups is 1. The topological polar surface area (TPSA) is 84.5 Å². The van der Waals surface area contributed by atoms with Gasteiger partial charge in [-0.1, -0.05) is 18.6 Å². The lowest BCUT2D eigenvalue weighted by molar-refractivity contribution is 0.116. The molecule has 0 radical (unpaired) electrons. The Hall–Kier alpha value is -2.61. The van der Waals surface area contributed by atoms with Crippen molar-refractivity contribution in [2.45, 2.75) is 56.2 Å². The lowest BCUT2D eigenvalue weighted by Gasteiger charge is -2.32. The molecule has 1 saturated carbocycles. The van der Waals surface area contributed by atoms with Gasteiger partial charge in [0.2, 0.25) is 0 Å². The Bertz CT molecular complexity index is 1010. The maximum absolute atomic E-state index is 14.0. The summed E-state index contributed by atoms with van der Waals surface area (Å²) in [5.41, 5.74) is 1.22. The zero-order valence-corrected chi connectivity index (χ0v) is 18.0. The molecular formula is C22H27FN2O4S. The van der Waals surface area contributed by atoms with Crippen LogP contribution in [0.4, 0.5) is 9.18 Å². The Morgan fingerprint density at radius 3 is 2.67 bits per heavy atom. The molecule has 0 heterocycles. The van der Waals surface area contributed by atoms with Gasteiger partial charge < -0.3 is 15.4 Å². The number of benzene rings is 2. The zero-order valence-electron chi connectivity index (χ0n) is 17.2. The van der Waals surface area contributed by atoms with Crippen LogP contribution in [-0.2, 0) is 16.4 Å². The number of amides is 2. The van der Waals surface area contributed by atoms with Gasteiger partial charge in [0.05, 0.1) is 10.9 Å². The van der Waals surface area contributed by atoms with Crippen molar-refractivity contribution in [3.63, 3.8) is 0 Å². The van der Waals surface area contributed by atoms with E-state index in [0.29, 0.717) is 0 Å². The minimum atomic E-state index is -3.46. The first-order valence-electron chi connectivity index (χ1n) is 9.98. The predicted molar refractivity (Wildman–Crippen MR) is 113 cm³/mol. The number of hydrogen-bond acceptors (Lipinski definition) is 4. The lowest BCUT2D eigenvalue weighted by Crippen LogP contribution is -2.50. The third-order valence-corrected chi connectivity index (χ3v) is 6.29. The lowest BCUT2D eigenvalue weighted by atomic mass is 9.92. The summed E-state index contributed by atoms with van der Waals surface area (Å²) in [5.74, 6) is 0.204. The van der Waals surface area contributed by atoms with Gasteiger partial charge in [-0.25, -0.2) is 17.6 Å². The normalized spacial score (nSPS) is 19.2. The van der Waals surface area contributed by atoms with E-state index in [9.17, 15) is 17.6 Å². The van der Waals surface area contributed by atoms with E-state index in [4.69, 9.17) is 4.74 Å². The van der Waals surface area contributed by atoms with E-state index in [2.05, 4.69) is 10.6 Å². The third kappa shape index (κ3) is 5.95. The molecular weight excluding hydrogens is 407 g/mol. The van der Waals surface area contributed by atoms with Crippen molar-refractivity contribution >= 4 is 15.9 Å².